The number of fused-ring (bicyclic) bond motifs is 1. The number of nitrogens with one attached hydrogen (secondary N) is 2. The number of carbonyl (C=O) groups excluding carboxylic acids is 1. The first-order valence-electron chi connectivity index (χ1n) is 8.03. The van der Waals surface area contributed by atoms with Crippen LogP contribution in [0.25, 0.3) is 0 Å². The molecule has 0 bridgehead atoms. The minimum atomic E-state index is -3.75. The number of anilines is 1. The second-order valence-electron chi connectivity index (χ2n) is 5.89. The van der Waals surface area contributed by atoms with E-state index in [2.05, 4.69) is 10.0 Å². The Bertz CT molecular complexity index is 876. The SMILES string of the molecule is COc1ccc(S(=O)(=O)NCC(=O)Nc2ccc3c(c2)CCC3)cc1. The van der Waals surface area contributed by atoms with E-state index >= 15 is 0 Å². The van der Waals surface area contributed by atoms with E-state index in [0.717, 1.165) is 19.3 Å². The van der Waals surface area contributed by atoms with Crippen molar-refractivity contribution in [3.8, 4) is 5.75 Å². The van der Waals surface area contributed by atoms with Crippen LogP contribution in [0, 0.1) is 0 Å². The summed E-state index contributed by atoms with van der Waals surface area (Å²) in [4.78, 5) is 12.1. The minimum absolute atomic E-state index is 0.0821. The van der Waals surface area contributed by atoms with Crippen molar-refractivity contribution in [3.63, 3.8) is 0 Å². The van der Waals surface area contributed by atoms with Gasteiger partial charge in [0.15, 0.2) is 0 Å². The monoisotopic (exact) mass is 360 g/mol. The zero-order chi connectivity index (χ0) is 17.9. The maximum Gasteiger partial charge on any atom is 0.241 e. The number of amides is 1. The van der Waals surface area contributed by atoms with E-state index in [9.17, 15) is 13.2 Å². The summed E-state index contributed by atoms with van der Waals surface area (Å²) in [5.74, 6) is 0.156. The standard InChI is InChI=1S/C18H20N2O4S/c1-24-16-7-9-17(10-8-16)25(22,23)19-12-18(21)20-15-6-5-13-3-2-4-14(13)11-15/h5-11,19H,2-4,12H2,1H3,(H,20,21). The van der Waals surface area contributed by atoms with Gasteiger partial charge in [0.2, 0.25) is 15.9 Å². The van der Waals surface area contributed by atoms with E-state index < -0.39 is 15.9 Å². The van der Waals surface area contributed by atoms with Crippen LogP contribution in [0.2, 0.25) is 0 Å². The summed E-state index contributed by atoms with van der Waals surface area (Å²) in [5.41, 5.74) is 3.25. The minimum Gasteiger partial charge on any atom is -0.497 e. The summed E-state index contributed by atoms with van der Waals surface area (Å²) < 4.78 is 31.7. The molecular weight excluding hydrogens is 340 g/mol. The molecule has 2 aromatic rings. The maximum atomic E-state index is 12.2. The first-order chi connectivity index (χ1) is 12.0. The van der Waals surface area contributed by atoms with Crippen LogP contribution < -0.4 is 14.8 Å². The highest BCUT2D eigenvalue weighted by Gasteiger charge is 2.16. The summed E-state index contributed by atoms with van der Waals surface area (Å²) in [5, 5.41) is 2.73. The number of ether oxygens (including phenoxy) is 1. The Hall–Kier alpha value is -2.38. The molecule has 25 heavy (non-hydrogen) atoms. The van der Waals surface area contributed by atoms with Crippen LogP contribution in [-0.2, 0) is 27.7 Å². The predicted molar refractivity (Wildman–Crippen MR) is 95.3 cm³/mol. The number of methoxy groups -OCH3 is 1. The van der Waals surface area contributed by atoms with Gasteiger partial charge in [0.1, 0.15) is 5.75 Å². The van der Waals surface area contributed by atoms with Gasteiger partial charge < -0.3 is 10.1 Å². The average Bonchev–Trinajstić information content (AvgIpc) is 3.08. The van der Waals surface area contributed by atoms with Crippen molar-refractivity contribution in [3.05, 3.63) is 53.6 Å². The first kappa shape index (κ1) is 17.4. The third-order valence-electron chi connectivity index (χ3n) is 4.17. The lowest BCUT2D eigenvalue weighted by Gasteiger charge is -2.09. The summed E-state index contributed by atoms with van der Waals surface area (Å²) in [7, 11) is -2.24. The van der Waals surface area contributed by atoms with Crippen LogP contribution in [-0.4, -0.2) is 28.0 Å². The van der Waals surface area contributed by atoms with Gasteiger partial charge in [0, 0.05) is 5.69 Å². The Morgan fingerprint density at radius 1 is 1.08 bits per heavy atom. The number of hydrogen-bond donors (Lipinski definition) is 2. The number of carbonyl (C=O) groups is 1. The Balaban J connectivity index is 1.59. The van der Waals surface area contributed by atoms with E-state index in [1.807, 2.05) is 18.2 Å². The fourth-order valence-corrected chi connectivity index (χ4v) is 3.84. The summed E-state index contributed by atoms with van der Waals surface area (Å²) >= 11 is 0. The van der Waals surface area contributed by atoms with Gasteiger partial charge in [-0.05, 0) is 66.8 Å². The molecule has 0 aromatic heterocycles. The van der Waals surface area contributed by atoms with Gasteiger partial charge in [-0.25, -0.2) is 13.1 Å². The highest BCUT2D eigenvalue weighted by atomic mass is 32.2. The zero-order valence-corrected chi connectivity index (χ0v) is 14.7. The van der Waals surface area contributed by atoms with Crippen molar-refractivity contribution < 1.29 is 17.9 Å². The molecule has 0 heterocycles. The molecule has 3 rings (SSSR count). The second-order valence-corrected chi connectivity index (χ2v) is 7.65. The van der Waals surface area contributed by atoms with Gasteiger partial charge in [-0.2, -0.15) is 0 Å². The summed E-state index contributed by atoms with van der Waals surface area (Å²) in [6, 6.07) is 11.8. The fraction of sp³-hybridized carbons (Fsp3) is 0.278. The molecule has 132 valence electrons. The lowest BCUT2D eigenvalue weighted by atomic mass is 10.1. The molecule has 0 unspecified atom stereocenters. The Morgan fingerprint density at radius 3 is 2.52 bits per heavy atom. The van der Waals surface area contributed by atoms with Crippen molar-refractivity contribution in [1.82, 2.24) is 4.72 Å². The number of sulfonamides is 1. The van der Waals surface area contributed by atoms with Crippen LogP contribution in [0.3, 0.4) is 0 Å². The Labute approximate surface area is 147 Å². The molecule has 0 saturated heterocycles. The zero-order valence-electron chi connectivity index (χ0n) is 13.9. The number of aryl methyl sites for hydroxylation is 2. The molecule has 0 saturated carbocycles. The lowest BCUT2D eigenvalue weighted by molar-refractivity contribution is -0.115. The Morgan fingerprint density at radius 2 is 1.80 bits per heavy atom. The van der Waals surface area contributed by atoms with E-state index in [4.69, 9.17) is 4.74 Å². The molecule has 2 N–H and O–H groups in total. The fourth-order valence-electron chi connectivity index (χ4n) is 2.85. The molecule has 0 atom stereocenters. The smallest absolute Gasteiger partial charge is 0.241 e. The number of rotatable bonds is 6. The molecular formula is C18H20N2O4S. The maximum absolute atomic E-state index is 12.2. The third kappa shape index (κ3) is 4.18. The summed E-state index contributed by atoms with van der Waals surface area (Å²) in [6.45, 7) is -0.328. The highest BCUT2D eigenvalue weighted by Crippen LogP contribution is 2.24. The van der Waals surface area contributed by atoms with Gasteiger partial charge in [-0.1, -0.05) is 6.07 Å². The molecule has 1 aliphatic rings. The van der Waals surface area contributed by atoms with Gasteiger partial charge >= 0.3 is 0 Å². The number of benzene rings is 2. The van der Waals surface area contributed by atoms with Crippen molar-refractivity contribution in [2.45, 2.75) is 24.2 Å². The highest BCUT2D eigenvalue weighted by molar-refractivity contribution is 7.89. The average molecular weight is 360 g/mol. The van der Waals surface area contributed by atoms with Gasteiger partial charge in [0.25, 0.3) is 0 Å². The van der Waals surface area contributed by atoms with Gasteiger partial charge in [-0.15, -0.1) is 0 Å². The Kier molecular flexibility index (Phi) is 5.06. The topological polar surface area (TPSA) is 84.5 Å². The third-order valence-corrected chi connectivity index (χ3v) is 5.59. The second kappa shape index (κ2) is 7.25. The molecule has 0 aliphatic heterocycles. The van der Waals surface area contributed by atoms with Gasteiger partial charge in [-0.3, -0.25) is 4.79 Å². The van der Waals surface area contributed by atoms with Crippen LogP contribution in [0.4, 0.5) is 5.69 Å². The molecule has 0 fully saturated rings. The molecule has 6 nitrogen and oxygen atoms in total. The summed E-state index contributed by atoms with van der Waals surface area (Å²) in [6.07, 6.45) is 3.22. The van der Waals surface area contributed by atoms with Crippen LogP contribution in [0.5, 0.6) is 5.75 Å². The van der Waals surface area contributed by atoms with Crippen molar-refractivity contribution in [1.29, 1.82) is 0 Å². The van der Waals surface area contributed by atoms with Crippen molar-refractivity contribution >= 4 is 21.6 Å². The van der Waals surface area contributed by atoms with E-state index in [1.54, 1.807) is 12.1 Å². The van der Waals surface area contributed by atoms with E-state index in [-0.39, 0.29) is 11.4 Å². The number of hydrogen-bond acceptors (Lipinski definition) is 4. The molecule has 1 amide bonds. The molecule has 0 spiro atoms. The van der Waals surface area contributed by atoms with Crippen molar-refractivity contribution in [2.24, 2.45) is 0 Å². The van der Waals surface area contributed by atoms with Crippen LogP contribution >= 0.6 is 0 Å². The molecule has 2 aromatic carbocycles. The normalized spacial score (nSPS) is 13.3. The van der Waals surface area contributed by atoms with E-state index in [0.29, 0.717) is 11.4 Å². The molecule has 1 aliphatic carbocycles. The largest absolute Gasteiger partial charge is 0.497 e. The first-order valence-corrected chi connectivity index (χ1v) is 9.51. The van der Waals surface area contributed by atoms with Crippen molar-refractivity contribution in [2.75, 3.05) is 19.0 Å². The van der Waals surface area contributed by atoms with Crippen LogP contribution in [0.15, 0.2) is 47.4 Å². The van der Waals surface area contributed by atoms with Gasteiger partial charge in [0.05, 0.1) is 18.6 Å². The molecule has 0 radical (unpaired) electrons. The van der Waals surface area contributed by atoms with Crippen LogP contribution in [0.1, 0.15) is 17.5 Å². The predicted octanol–water partition coefficient (Wildman–Crippen LogP) is 2.10. The molecule has 7 heteroatoms. The quantitative estimate of drug-likeness (QED) is 0.826. The lowest BCUT2D eigenvalue weighted by Crippen LogP contribution is -2.32. The van der Waals surface area contributed by atoms with E-state index in [1.165, 1.54) is 30.4 Å².